The quantitative estimate of drug-likeness (QED) is 0.343. The van der Waals surface area contributed by atoms with E-state index < -0.39 is 10.9 Å². The zero-order valence-corrected chi connectivity index (χ0v) is 17.7. The second-order valence-electron chi connectivity index (χ2n) is 7.62. The molecule has 9 heteroatoms. The van der Waals surface area contributed by atoms with E-state index in [4.69, 9.17) is 5.73 Å². The number of rotatable bonds is 6. The highest BCUT2D eigenvalue weighted by atomic mass is 16.2. The third-order valence-electron chi connectivity index (χ3n) is 5.42. The summed E-state index contributed by atoms with van der Waals surface area (Å²) in [6.07, 6.45) is 8.42. The van der Waals surface area contributed by atoms with Crippen molar-refractivity contribution in [2.75, 3.05) is 16.4 Å². The molecule has 0 aliphatic rings. The Balaban J connectivity index is 1.46. The minimum atomic E-state index is -0.591. The van der Waals surface area contributed by atoms with Gasteiger partial charge in [-0.3, -0.25) is 19.6 Å². The molecular weight excluding hydrogens is 418 g/mol. The number of aromatic nitrogens is 4. The van der Waals surface area contributed by atoms with Gasteiger partial charge in [-0.25, -0.2) is 9.97 Å². The molecule has 0 radical (unpaired) electrons. The zero-order chi connectivity index (χ0) is 22.9. The lowest BCUT2D eigenvalue weighted by Crippen LogP contribution is -2.36. The van der Waals surface area contributed by atoms with Gasteiger partial charge in [0.05, 0.1) is 5.69 Å². The summed E-state index contributed by atoms with van der Waals surface area (Å²) in [5.41, 5.74) is 8.91. The molecule has 0 aliphatic heterocycles. The second kappa shape index (κ2) is 8.12. The maximum Gasteiger partial charge on any atom is 0.253 e. The number of hydrogen-bond donors (Lipinski definition) is 3. The number of nitrogens with two attached hydrogens (primary N) is 1. The number of fused-ring (bicyclic) bond motifs is 1. The summed E-state index contributed by atoms with van der Waals surface area (Å²) >= 11 is 0. The molecule has 4 heterocycles. The van der Waals surface area contributed by atoms with E-state index in [0.29, 0.717) is 29.3 Å². The van der Waals surface area contributed by atoms with Crippen LogP contribution in [0, 0.1) is 6.92 Å². The molecule has 4 aromatic heterocycles. The van der Waals surface area contributed by atoms with Crippen LogP contribution in [0.15, 0.2) is 70.9 Å². The molecule has 0 fully saturated rings. The van der Waals surface area contributed by atoms with E-state index in [2.05, 4.69) is 30.6 Å². The molecule has 162 valence electrons. The third-order valence-corrected chi connectivity index (χ3v) is 5.42. The van der Waals surface area contributed by atoms with E-state index in [-0.39, 0.29) is 11.4 Å². The summed E-state index contributed by atoms with van der Waals surface area (Å²) in [5.74, 6) is 0.760. The number of pyridine rings is 4. The van der Waals surface area contributed by atoms with Gasteiger partial charge in [-0.2, -0.15) is 0 Å². The molecule has 9 nitrogen and oxygen atoms in total. The van der Waals surface area contributed by atoms with E-state index >= 15 is 0 Å². The number of aryl methyl sites for hydroxylation is 1. The van der Waals surface area contributed by atoms with Crippen LogP contribution in [0.4, 0.5) is 23.0 Å². The van der Waals surface area contributed by atoms with Crippen molar-refractivity contribution in [3.63, 3.8) is 0 Å². The maximum absolute atomic E-state index is 12.2. The van der Waals surface area contributed by atoms with E-state index in [1.165, 1.54) is 0 Å². The fourth-order valence-corrected chi connectivity index (χ4v) is 3.61. The van der Waals surface area contributed by atoms with Gasteiger partial charge in [-0.1, -0.05) is 6.07 Å². The minimum absolute atomic E-state index is 0.182. The molecule has 0 unspecified atom stereocenters. The van der Waals surface area contributed by atoms with Crippen LogP contribution < -0.4 is 27.2 Å². The largest absolute Gasteiger partial charge is 0.383 e. The predicted octanol–water partition coefficient (Wildman–Crippen LogP) is 2.93. The van der Waals surface area contributed by atoms with Crippen molar-refractivity contribution in [1.82, 2.24) is 19.9 Å². The standard InChI is InChI=1S/C24H19N7O2/c1-13-4-6-27-11-16(13)18-7-15-8-19(28-12-17(15)24(25)30-18)31-21-20(22(32)23(21)33)29-10-14-3-2-5-26-9-14/h2-9,11-12,29H,10H2,1H3,(H2,25,30)(H,28,31). The lowest BCUT2D eigenvalue weighted by molar-refractivity contribution is 1.10. The summed E-state index contributed by atoms with van der Waals surface area (Å²) in [5, 5.41) is 7.46. The van der Waals surface area contributed by atoms with Crippen LogP contribution in [0.3, 0.4) is 0 Å². The molecule has 0 spiro atoms. The van der Waals surface area contributed by atoms with Crippen LogP contribution in [0.25, 0.3) is 22.0 Å². The van der Waals surface area contributed by atoms with Crippen LogP contribution in [-0.4, -0.2) is 19.9 Å². The zero-order valence-electron chi connectivity index (χ0n) is 17.7. The summed E-state index contributed by atoms with van der Waals surface area (Å²) in [4.78, 5) is 41.3. The molecule has 33 heavy (non-hydrogen) atoms. The van der Waals surface area contributed by atoms with Crippen molar-refractivity contribution in [3.8, 4) is 11.3 Å². The Kier molecular flexibility index (Phi) is 4.98. The molecule has 1 aromatic carbocycles. The smallest absolute Gasteiger partial charge is 0.253 e. The maximum atomic E-state index is 12.2. The normalized spacial score (nSPS) is 11.1. The highest BCUT2D eigenvalue weighted by molar-refractivity contribution is 5.95. The van der Waals surface area contributed by atoms with Gasteiger partial charge in [0.25, 0.3) is 10.9 Å². The second-order valence-corrected chi connectivity index (χ2v) is 7.62. The van der Waals surface area contributed by atoms with Crippen LogP contribution in [0.2, 0.25) is 0 Å². The summed E-state index contributed by atoms with van der Waals surface area (Å²) in [7, 11) is 0. The SMILES string of the molecule is Cc1ccncc1-c1cc2cc(Nc3c(NCc4cccnc4)c(=O)c3=O)ncc2c(N)n1. The molecule has 0 aliphatic carbocycles. The van der Waals surface area contributed by atoms with Gasteiger partial charge in [0.2, 0.25) is 0 Å². The molecule has 0 bridgehead atoms. The predicted molar refractivity (Wildman–Crippen MR) is 128 cm³/mol. The fraction of sp³-hybridized carbons (Fsp3) is 0.0833. The number of nitrogen functional groups attached to an aromatic ring is 1. The Hall–Kier alpha value is -4.66. The van der Waals surface area contributed by atoms with Crippen molar-refractivity contribution in [3.05, 3.63) is 92.9 Å². The van der Waals surface area contributed by atoms with Crippen molar-refractivity contribution in [1.29, 1.82) is 0 Å². The first-order chi connectivity index (χ1) is 16.0. The summed E-state index contributed by atoms with van der Waals surface area (Å²) in [6, 6.07) is 9.25. The van der Waals surface area contributed by atoms with Crippen LogP contribution in [0.1, 0.15) is 11.1 Å². The van der Waals surface area contributed by atoms with E-state index in [0.717, 1.165) is 22.1 Å². The van der Waals surface area contributed by atoms with Gasteiger partial charge in [-0.15, -0.1) is 0 Å². The third kappa shape index (κ3) is 3.76. The molecule has 5 rings (SSSR count). The molecule has 0 amide bonds. The lowest BCUT2D eigenvalue weighted by Gasteiger charge is -2.15. The molecule has 4 N–H and O–H groups in total. The average molecular weight is 437 g/mol. The molecule has 0 saturated carbocycles. The van der Waals surface area contributed by atoms with Gasteiger partial charge in [0.1, 0.15) is 23.0 Å². The monoisotopic (exact) mass is 437 g/mol. The Bertz CT molecular complexity index is 1560. The van der Waals surface area contributed by atoms with Crippen LogP contribution in [-0.2, 0) is 6.54 Å². The molecule has 0 saturated heterocycles. The molecule has 0 atom stereocenters. The Morgan fingerprint density at radius 3 is 2.58 bits per heavy atom. The Labute approximate surface area is 188 Å². The van der Waals surface area contributed by atoms with Crippen LogP contribution >= 0.6 is 0 Å². The van der Waals surface area contributed by atoms with Crippen molar-refractivity contribution >= 4 is 33.8 Å². The first kappa shape index (κ1) is 20.3. The molecule has 5 aromatic rings. The van der Waals surface area contributed by atoms with Crippen LogP contribution in [0.5, 0.6) is 0 Å². The number of hydrogen-bond acceptors (Lipinski definition) is 9. The van der Waals surface area contributed by atoms with Gasteiger partial charge in [0, 0.05) is 48.5 Å². The summed E-state index contributed by atoms with van der Waals surface area (Å²) in [6.45, 7) is 2.35. The van der Waals surface area contributed by atoms with Gasteiger partial charge in [0.15, 0.2) is 0 Å². The van der Waals surface area contributed by atoms with E-state index in [1.807, 2.05) is 25.1 Å². The lowest BCUT2D eigenvalue weighted by atomic mass is 10.1. The van der Waals surface area contributed by atoms with Crippen molar-refractivity contribution in [2.24, 2.45) is 0 Å². The highest BCUT2D eigenvalue weighted by Gasteiger charge is 2.21. The number of nitrogens with zero attached hydrogens (tertiary/aromatic N) is 4. The van der Waals surface area contributed by atoms with Gasteiger partial charge in [-0.05, 0) is 47.7 Å². The first-order valence-electron chi connectivity index (χ1n) is 10.2. The fourth-order valence-electron chi connectivity index (χ4n) is 3.61. The average Bonchev–Trinajstić information content (AvgIpc) is 2.84. The number of nitrogens with one attached hydrogen (secondary N) is 2. The number of anilines is 4. The van der Waals surface area contributed by atoms with Gasteiger partial charge < -0.3 is 16.4 Å². The van der Waals surface area contributed by atoms with E-state index in [1.54, 1.807) is 43.1 Å². The topological polar surface area (TPSA) is 136 Å². The summed E-state index contributed by atoms with van der Waals surface area (Å²) < 4.78 is 0. The van der Waals surface area contributed by atoms with E-state index in [9.17, 15) is 9.59 Å². The minimum Gasteiger partial charge on any atom is -0.383 e. The Morgan fingerprint density at radius 2 is 1.79 bits per heavy atom. The van der Waals surface area contributed by atoms with Crippen molar-refractivity contribution in [2.45, 2.75) is 13.5 Å². The molecular formula is C24H19N7O2. The van der Waals surface area contributed by atoms with Crippen molar-refractivity contribution < 1.29 is 0 Å². The van der Waals surface area contributed by atoms with Gasteiger partial charge >= 0.3 is 0 Å². The Morgan fingerprint density at radius 1 is 0.970 bits per heavy atom. The highest BCUT2D eigenvalue weighted by Crippen LogP contribution is 2.29. The first-order valence-corrected chi connectivity index (χ1v) is 10.2.